The van der Waals surface area contributed by atoms with Crippen LogP contribution in [0, 0.1) is 0 Å². The zero-order valence-electron chi connectivity index (χ0n) is 11.1. The van der Waals surface area contributed by atoms with Crippen LogP contribution >= 0.6 is 0 Å². The monoisotopic (exact) mass is 232 g/mol. The lowest BCUT2D eigenvalue weighted by atomic mass is 10.1. The summed E-state index contributed by atoms with van der Waals surface area (Å²) in [5.41, 5.74) is 2.94. The van der Waals surface area contributed by atoms with E-state index in [0.29, 0.717) is 6.04 Å². The lowest BCUT2D eigenvalue weighted by molar-refractivity contribution is 0.330. The van der Waals surface area contributed by atoms with Crippen LogP contribution in [0.2, 0.25) is 0 Å². The molecule has 1 aliphatic rings. The normalized spacial score (nSPS) is 16.9. The molecule has 0 atom stereocenters. The zero-order valence-corrected chi connectivity index (χ0v) is 11.1. The molecule has 2 heteroatoms. The molecule has 1 fully saturated rings. The molecule has 0 aromatic heterocycles. The maximum Gasteiger partial charge on any atom is 0.0236 e. The molecule has 1 N–H and O–H groups in total. The van der Waals surface area contributed by atoms with Gasteiger partial charge in [0.05, 0.1) is 0 Å². The summed E-state index contributed by atoms with van der Waals surface area (Å²) in [5.74, 6) is 0. The van der Waals surface area contributed by atoms with Gasteiger partial charge < -0.3 is 5.32 Å². The van der Waals surface area contributed by atoms with Gasteiger partial charge in [0, 0.05) is 19.1 Å². The quantitative estimate of drug-likeness (QED) is 0.840. The van der Waals surface area contributed by atoms with Crippen LogP contribution in [0.5, 0.6) is 0 Å². The number of likely N-dealkylation sites (tertiary alicyclic amines) is 1. The summed E-state index contributed by atoms with van der Waals surface area (Å²) in [5, 5.41) is 3.51. The molecule has 94 valence electrons. The average Bonchev–Trinajstić information content (AvgIpc) is 2.80. The highest BCUT2D eigenvalue weighted by atomic mass is 15.1. The van der Waals surface area contributed by atoms with Crippen LogP contribution in [-0.2, 0) is 13.1 Å². The van der Waals surface area contributed by atoms with Gasteiger partial charge in [-0.15, -0.1) is 0 Å². The summed E-state index contributed by atoms with van der Waals surface area (Å²) in [7, 11) is 0. The molecular formula is C15H24N2. The summed E-state index contributed by atoms with van der Waals surface area (Å²) < 4.78 is 0. The zero-order chi connectivity index (χ0) is 12.1. The summed E-state index contributed by atoms with van der Waals surface area (Å²) in [6.07, 6.45) is 2.73. The third kappa shape index (κ3) is 3.83. The van der Waals surface area contributed by atoms with Crippen LogP contribution in [0.25, 0.3) is 0 Å². The molecule has 2 nitrogen and oxygen atoms in total. The summed E-state index contributed by atoms with van der Waals surface area (Å²) >= 11 is 0. The molecule has 0 amide bonds. The van der Waals surface area contributed by atoms with Crippen LogP contribution in [0.15, 0.2) is 24.3 Å². The fourth-order valence-corrected chi connectivity index (χ4v) is 2.38. The first-order valence-corrected chi connectivity index (χ1v) is 6.78. The van der Waals surface area contributed by atoms with Crippen molar-refractivity contribution in [2.45, 2.75) is 45.8 Å². The minimum absolute atomic E-state index is 0.551. The van der Waals surface area contributed by atoms with Gasteiger partial charge in [0.25, 0.3) is 0 Å². The van der Waals surface area contributed by atoms with Crippen LogP contribution < -0.4 is 5.32 Å². The number of hydrogen-bond donors (Lipinski definition) is 1. The maximum absolute atomic E-state index is 3.51. The van der Waals surface area contributed by atoms with Gasteiger partial charge in [-0.25, -0.2) is 0 Å². The van der Waals surface area contributed by atoms with Crippen molar-refractivity contribution in [3.8, 4) is 0 Å². The second-order valence-corrected chi connectivity index (χ2v) is 5.29. The lowest BCUT2D eigenvalue weighted by Gasteiger charge is -2.18. The standard InChI is InChI=1S/C15H24N2/c1-13(2)16-11-14-7-3-4-8-15(14)12-17-9-5-6-10-17/h3-4,7-8,13,16H,5-6,9-12H2,1-2H3. The van der Waals surface area contributed by atoms with Gasteiger partial charge in [-0.3, -0.25) is 4.90 Å². The van der Waals surface area contributed by atoms with E-state index in [9.17, 15) is 0 Å². The summed E-state index contributed by atoms with van der Waals surface area (Å²) in [4.78, 5) is 2.56. The van der Waals surface area contributed by atoms with Crippen molar-refractivity contribution in [2.75, 3.05) is 13.1 Å². The van der Waals surface area contributed by atoms with E-state index in [1.807, 2.05) is 0 Å². The maximum atomic E-state index is 3.51. The Hall–Kier alpha value is -0.860. The largest absolute Gasteiger partial charge is 0.310 e. The molecule has 0 radical (unpaired) electrons. The van der Waals surface area contributed by atoms with E-state index in [2.05, 4.69) is 48.3 Å². The topological polar surface area (TPSA) is 15.3 Å². The molecule has 1 aromatic rings. The first-order chi connectivity index (χ1) is 8.25. The van der Waals surface area contributed by atoms with Gasteiger partial charge in [0.1, 0.15) is 0 Å². The number of nitrogens with zero attached hydrogens (tertiary/aromatic N) is 1. The number of benzene rings is 1. The molecule has 2 rings (SSSR count). The molecule has 1 saturated heterocycles. The fourth-order valence-electron chi connectivity index (χ4n) is 2.38. The average molecular weight is 232 g/mol. The molecule has 0 bridgehead atoms. The van der Waals surface area contributed by atoms with Crippen LogP contribution in [0.3, 0.4) is 0 Å². The Morgan fingerprint density at radius 1 is 1.12 bits per heavy atom. The van der Waals surface area contributed by atoms with E-state index in [1.54, 1.807) is 0 Å². The van der Waals surface area contributed by atoms with Crippen molar-refractivity contribution in [1.29, 1.82) is 0 Å². The smallest absolute Gasteiger partial charge is 0.0236 e. The van der Waals surface area contributed by atoms with E-state index in [0.717, 1.165) is 13.1 Å². The van der Waals surface area contributed by atoms with Crippen LogP contribution in [0.1, 0.15) is 37.8 Å². The van der Waals surface area contributed by atoms with Gasteiger partial charge in [-0.1, -0.05) is 38.1 Å². The van der Waals surface area contributed by atoms with Gasteiger partial charge in [-0.2, -0.15) is 0 Å². The predicted molar refractivity (Wildman–Crippen MR) is 72.9 cm³/mol. The number of hydrogen-bond acceptors (Lipinski definition) is 2. The van der Waals surface area contributed by atoms with Gasteiger partial charge in [0.2, 0.25) is 0 Å². The molecule has 17 heavy (non-hydrogen) atoms. The van der Waals surface area contributed by atoms with E-state index in [1.165, 1.54) is 37.1 Å². The van der Waals surface area contributed by atoms with Gasteiger partial charge in [0.15, 0.2) is 0 Å². The van der Waals surface area contributed by atoms with Crippen molar-refractivity contribution in [1.82, 2.24) is 10.2 Å². The van der Waals surface area contributed by atoms with Crippen molar-refractivity contribution >= 4 is 0 Å². The fraction of sp³-hybridized carbons (Fsp3) is 0.600. The van der Waals surface area contributed by atoms with Gasteiger partial charge in [-0.05, 0) is 37.1 Å². The Labute approximate surface area is 105 Å². The van der Waals surface area contributed by atoms with Crippen molar-refractivity contribution in [3.63, 3.8) is 0 Å². The number of rotatable bonds is 5. The lowest BCUT2D eigenvalue weighted by Crippen LogP contribution is -2.24. The minimum atomic E-state index is 0.551. The molecular weight excluding hydrogens is 208 g/mol. The Morgan fingerprint density at radius 2 is 1.76 bits per heavy atom. The number of nitrogens with one attached hydrogen (secondary N) is 1. The molecule has 1 aliphatic heterocycles. The Kier molecular flexibility index (Phi) is 4.57. The van der Waals surface area contributed by atoms with Crippen molar-refractivity contribution in [3.05, 3.63) is 35.4 Å². The second-order valence-electron chi connectivity index (χ2n) is 5.29. The highest BCUT2D eigenvalue weighted by Crippen LogP contribution is 2.16. The van der Waals surface area contributed by atoms with E-state index in [4.69, 9.17) is 0 Å². The van der Waals surface area contributed by atoms with E-state index in [-0.39, 0.29) is 0 Å². The SMILES string of the molecule is CC(C)NCc1ccccc1CN1CCCC1. The third-order valence-corrected chi connectivity index (χ3v) is 3.41. The molecule has 1 aromatic carbocycles. The van der Waals surface area contributed by atoms with Crippen LogP contribution in [-0.4, -0.2) is 24.0 Å². The first kappa shape index (κ1) is 12.6. The van der Waals surface area contributed by atoms with E-state index >= 15 is 0 Å². The minimum Gasteiger partial charge on any atom is -0.310 e. The highest BCUT2D eigenvalue weighted by Gasteiger charge is 2.13. The van der Waals surface area contributed by atoms with E-state index < -0.39 is 0 Å². The Balaban J connectivity index is 1.99. The molecule has 0 unspecified atom stereocenters. The molecule has 0 aliphatic carbocycles. The van der Waals surface area contributed by atoms with Crippen LogP contribution in [0.4, 0.5) is 0 Å². The molecule has 0 spiro atoms. The van der Waals surface area contributed by atoms with Crippen molar-refractivity contribution in [2.24, 2.45) is 0 Å². The second kappa shape index (κ2) is 6.18. The Bertz CT molecular complexity index is 341. The highest BCUT2D eigenvalue weighted by molar-refractivity contribution is 5.27. The van der Waals surface area contributed by atoms with Gasteiger partial charge >= 0.3 is 0 Å². The molecule has 1 heterocycles. The summed E-state index contributed by atoms with van der Waals surface area (Å²) in [6.45, 7) is 9.04. The predicted octanol–water partition coefficient (Wildman–Crippen LogP) is 2.78. The summed E-state index contributed by atoms with van der Waals surface area (Å²) in [6, 6.07) is 9.38. The van der Waals surface area contributed by atoms with Crippen molar-refractivity contribution < 1.29 is 0 Å². The Morgan fingerprint density at radius 3 is 2.41 bits per heavy atom. The molecule has 0 saturated carbocycles. The first-order valence-electron chi connectivity index (χ1n) is 6.78. The third-order valence-electron chi connectivity index (χ3n) is 3.41.